The molecule has 1 saturated heterocycles. The van der Waals surface area contributed by atoms with Crippen LogP contribution in [0, 0.1) is 0 Å². The molecule has 1 aliphatic rings. The molecule has 1 aliphatic heterocycles. The molecular formula is C12H16N6. The van der Waals surface area contributed by atoms with Gasteiger partial charge in [-0.3, -0.25) is 15.1 Å². The Hall–Kier alpha value is -1.95. The first kappa shape index (κ1) is 11.2. The number of nitrogens with one attached hydrogen (secondary N) is 1. The summed E-state index contributed by atoms with van der Waals surface area (Å²) in [5, 5.41) is 7.34. The number of aromatic nitrogens is 4. The van der Waals surface area contributed by atoms with Crippen molar-refractivity contribution in [2.24, 2.45) is 5.73 Å². The summed E-state index contributed by atoms with van der Waals surface area (Å²) >= 11 is 0. The molecule has 0 bridgehead atoms. The molecule has 3 heterocycles. The van der Waals surface area contributed by atoms with Crippen molar-refractivity contribution >= 4 is 5.82 Å². The highest BCUT2D eigenvalue weighted by Gasteiger charge is 2.18. The molecule has 0 saturated carbocycles. The van der Waals surface area contributed by atoms with E-state index in [4.69, 9.17) is 5.73 Å². The second-order valence-electron chi connectivity index (χ2n) is 4.55. The number of aromatic amines is 1. The van der Waals surface area contributed by atoms with Gasteiger partial charge in [0.1, 0.15) is 5.69 Å². The third-order valence-corrected chi connectivity index (χ3v) is 3.27. The summed E-state index contributed by atoms with van der Waals surface area (Å²) in [5.41, 5.74) is 7.60. The van der Waals surface area contributed by atoms with E-state index < -0.39 is 0 Å². The van der Waals surface area contributed by atoms with Gasteiger partial charge in [0.25, 0.3) is 0 Å². The Balaban J connectivity index is 1.78. The van der Waals surface area contributed by atoms with Crippen molar-refractivity contribution < 1.29 is 0 Å². The van der Waals surface area contributed by atoms with Crippen LogP contribution in [0.3, 0.4) is 0 Å². The zero-order chi connectivity index (χ0) is 12.4. The van der Waals surface area contributed by atoms with Gasteiger partial charge in [0.05, 0.1) is 11.9 Å². The van der Waals surface area contributed by atoms with Crippen LogP contribution < -0.4 is 10.6 Å². The predicted molar refractivity (Wildman–Crippen MR) is 69.0 cm³/mol. The molecule has 0 aliphatic carbocycles. The van der Waals surface area contributed by atoms with Crippen LogP contribution in [0.2, 0.25) is 0 Å². The summed E-state index contributed by atoms with van der Waals surface area (Å²) in [7, 11) is 0. The molecule has 3 N–H and O–H groups in total. The number of hydrogen-bond acceptors (Lipinski definition) is 5. The maximum absolute atomic E-state index is 5.90. The number of anilines is 1. The van der Waals surface area contributed by atoms with Crippen LogP contribution in [-0.2, 0) is 0 Å². The van der Waals surface area contributed by atoms with Crippen LogP contribution in [0.25, 0.3) is 11.4 Å². The van der Waals surface area contributed by atoms with Gasteiger partial charge in [-0.25, -0.2) is 0 Å². The third kappa shape index (κ3) is 2.19. The largest absolute Gasteiger partial charge is 0.355 e. The van der Waals surface area contributed by atoms with Crippen molar-refractivity contribution in [3.8, 4) is 11.4 Å². The number of piperidine rings is 1. The van der Waals surface area contributed by atoms with E-state index in [0.29, 0.717) is 6.04 Å². The average Bonchev–Trinajstić information content (AvgIpc) is 2.90. The van der Waals surface area contributed by atoms with Crippen molar-refractivity contribution in [1.82, 2.24) is 20.2 Å². The SMILES string of the molecule is NC1CCN(c2cc(-c3cnccn3)[nH]n2)CC1. The van der Waals surface area contributed by atoms with Crippen LogP contribution in [0.1, 0.15) is 12.8 Å². The molecule has 6 heteroatoms. The first-order valence-electron chi connectivity index (χ1n) is 6.15. The molecule has 2 aromatic rings. The maximum Gasteiger partial charge on any atom is 0.151 e. The molecule has 0 radical (unpaired) electrons. The van der Waals surface area contributed by atoms with Gasteiger partial charge in [-0.05, 0) is 12.8 Å². The van der Waals surface area contributed by atoms with Crippen molar-refractivity contribution in [2.75, 3.05) is 18.0 Å². The number of hydrogen-bond donors (Lipinski definition) is 2. The van der Waals surface area contributed by atoms with Crippen LogP contribution in [0.5, 0.6) is 0 Å². The summed E-state index contributed by atoms with van der Waals surface area (Å²) in [6, 6.07) is 2.35. The lowest BCUT2D eigenvalue weighted by atomic mass is 10.1. The van der Waals surface area contributed by atoms with Crippen molar-refractivity contribution in [3.63, 3.8) is 0 Å². The van der Waals surface area contributed by atoms with Crippen molar-refractivity contribution in [1.29, 1.82) is 0 Å². The van der Waals surface area contributed by atoms with Gasteiger partial charge < -0.3 is 10.6 Å². The van der Waals surface area contributed by atoms with Crippen LogP contribution in [0.4, 0.5) is 5.82 Å². The van der Waals surface area contributed by atoms with Crippen LogP contribution >= 0.6 is 0 Å². The van der Waals surface area contributed by atoms with E-state index in [1.807, 2.05) is 6.07 Å². The van der Waals surface area contributed by atoms with E-state index in [2.05, 4.69) is 25.1 Å². The van der Waals surface area contributed by atoms with Gasteiger partial charge in [0.2, 0.25) is 0 Å². The lowest BCUT2D eigenvalue weighted by Gasteiger charge is -2.29. The Morgan fingerprint density at radius 2 is 2.11 bits per heavy atom. The number of nitrogens with two attached hydrogens (primary N) is 1. The van der Waals surface area contributed by atoms with Gasteiger partial charge in [-0.1, -0.05) is 0 Å². The molecular weight excluding hydrogens is 228 g/mol. The summed E-state index contributed by atoms with van der Waals surface area (Å²) in [4.78, 5) is 10.5. The molecule has 0 amide bonds. The first-order valence-corrected chi connectivity index (χ1v) is 6.15. The summed E-state index contributed by atoms with van der Waals surface area (Å²) in [6.45, 7) is 1.93. The molecule has 94 valence electrons. The van der Waals surface area contributed by atoms with Gasteiger partial charge in [-0.2, -0.15) is 5.10 Å². The predicted octanol–water partition coefficient (Wildman–Crippen LogP) is 0.794. The van der Waals surface area contributed by atoms with Gasteiger partial charge in [0.15, 0.2) is 5.82 Å². The van der Waals surface area contributed by atoms with Crippen molar-refractivity contribution in [2.45, 2.75) is 18.9 Å². The normalized spacial score (nSPS) is 17.1. The number of H-pyrrole nitrogens is 1. The lowest BCUT2D eigenvalue weighted by Crippen LogP contribution is -2.39. The first-order chi connectivity index (χ1) is 8.83. The fraction of sp³-hybridized carbons (Fsp3) is 0.417. The zero-order valence-corrected chi connectivity index (χ0v) is 10.1. The van der Waals surface area contributed by atoms with Gasteiger partial charge in [0, 0.05) is 37.6 Å². The van der Waals surface area contributed by atoms with Crippen LogP contribution in [0.15, 0.2) is 24.7 Å². The molecule has 0 spiro atoms. The van der Waals surface area contributed by atoms with E-state index >= 15 is 0 Å². The standard InChI is InChI=1S/C12H16N6/c13-9-1-5-18(6-2-9)12-7-10(16-17-12)11-8-14-3-4-15-11/h3-4,7-9H,1-2,5-6,13H2,(H,16,17). The highest BCUT2D eigenvalue weighted by atomic mass is 15.3. The Morgan fingerprint density at radius 1 is 1.28 bits per heavy atom. The van der Waals surface area contributed by atoms with E-state index in [1.54, 1.807) is 18.6 Å². The number of nitrogens with zero attached hydrogens (tertiary/aromatic N) is 4. The lowest BCUT2D eigenvalue weighted by molar-refractivity contribution is 0.498. The fourth-order valence-corrected chi connectivity index (χ4v) is 2.17. The molecule has 0 aromatic carbocycles. The molecule has 1 fully saturated rings. The highest BCUT2D eigenvalue weighted by Crippen LogP contribution is 2.21. The molecule has 6 nitrogen and oxygen atoms in total. The van der Waals surface area contributed by atoms with Gasteiger partial charge >= 0.3 is 0 Å². The van der Waals surface area contributed by atoms with E-state index in [-0.39, 0.29) is 0 Å². The summed E-state index contributed by atoms with van der Waals surface area (Å²) in [5.74, 6) is 0.961. The second kappa shape index (κ2) is 4.73. The minimum absolute atomic E-state index is 0.333. The van der Waals surface area contributed by atoms with E-state index in [0.717, 1.165) is 43.1 Å². The van der Waals surface area contributed by atoms with Gasteiger partial charge in [-0.15, -0.1) is 0 Å². The summed E-state index contributed by atoms with van der Waals surface area (Å²) < 4.78 is 0. The quantitative estimate of drug-likeness (QED) is 0.816. The smallest absolute Gasteiger partial charge is 0.151 e. The zero-order valence-electron chi connectivity index (χ0n) is 10.1. The van der Waals surface area contributed by atoms with Crippen LogP contribution in [-0.4, -0.2) is 39.3 Å². The Morgan fingerprint density at radius 3 is 2.83 bits per heavy atom. The number of rotatable bonds is 2. The maximum atomic E-state index is 5.90. The molecule has 0 unspecified atom stereocenters. The Labute approximate surface area is 105 Å². The third-order valence-electron chi connectivity index (χ3n) is 3.27. The summed E-state index contributed by atoms with van der Waals surface area (Å²) in [6.07, 6.45) is 7.10. The minimum atomic E-state index is 0.333. The highest BCUT2D eigenvalue weighted by molar-refractivity contribution is 5.58. The van der Waals surface area contributed by atoms with Crippen molar-refractivity contribution in [3.05, 3.63) is 24.7 Å². The Kier molecular flexibility index (Phi) is 2.93. The Bertz CT molecular complexity index is 500. The monoisotopic (exact) mass is 244 g/mol. The fourth-order valence-electron chi connectivity index (χ4n) is 2.17. The second-order valence-corrected chi connectivity index (χ2v) is 4.55. The molecule has 0 atom stereocenters. The average molecular weight is 244 g/mol. The van der Waals surface area contributed by atoms with E-state index in [9.17, 15) is 0 Å². The molecule has 18 heavy (non-hydrogen) atoms. The molecule has 2 aromatic heterocycles. The van der Waals surface area contributed by atoms with E-state index in [1.165, 1.54) is 0 Å². The minimum Gasteiger partial charge on any atom is -0.355 e. The topological polar surface area (TPSA) is 83.7 Å². The molecule has 3 rings (SSSR count).